The summed E-state index contributed by atoms with van der Waals surface area (Å²) in [6.07, 6.45) is 6.14. The smallest absolute Gasteiger partial charge is 0.253 e. The summed E-state index contributed by atoms with van der Waals surface area (Å²) in [5.41, 5.74) is 8.99. The average Bonchev–Trinajstić information content (AvgIpc) is 3.75. The molecule has 8 nitrogen and oxygen atoms in total. The number of piperidine rings is 1. The van der Waals surface area contributed by atoms with E-state index >= 15 is 0 Å². The Morgan fingerprint density at radius 2 is 1.86 bits per heavy atom. The van der Waals surface area contributed by atoms with Crippen LogP contribution in [0.25, 0.3) is 11.1 Å². The summed E-state index contributed by atoms with van der Waals surface area (Å²) in [4.78, 5) is 19.6. The van der Waals surface area contributed by atoms with Crippen molar-refractivity contribution in [2.24, 2.45) is 5.92 Å². The molecule has 2 aromatic heterocycles. The quantitative estimate of drug-likeness (QED) is 0.545. The SMILES string of the molecule is COc1cc(C(=O)N2CCC(c3ccc(N)nn3)CC2)ccc1-c1ccc(O[C@H](C)C2CC2)nc1. The average molecular weight is 474 g/mol. The number of likely N-dealkylation sites (tertiary alicyclic amines) is 1. The molecule has 1 aliphatic heterocycles. The van der Waals surface area contributed by atoms with Gasteiger partial charge in [-0.25, -0.2) is 4.98 Å². The second-order valence-corrected chi connectivity index (χ2v) is 9.41. The molecule has 2 fully saturated rings. The Labute approximate surface area is 205 Å². The van der Waals surface area contributed by atoms with Crippen LogP contribution in [0.15, 0.2) is 48.7 Å². The van der Waals surface area contributed by atoms with E-state index < -0.39 is 0 Å². The molecule has 1 amide bonds. The number of methoxy groups -OCH3 is 1. The minimum absolute atomic E-state index is 0.00706. The zero-order valence-electron chi connectivity index (χ0n) is 20.2. The van der Waals surface area contributed by atoms with Crippen molar-refractivity contribution in [3.63, 3.8) is 0 Å². The number of hydrogen-bond donors (Lipinski definition) is 1. The number of rotatable bonds is 7. The van der Waals surface area contributed by atoms with Crippen molar-refractivity contribution < 1.29 is 14.3 Å². The van der Waals surface area contributed by atoms with Crippen molar-refractivity contribution in [3.05, 3.63) is 59.9 Å². The van der Waals surface area contributed by atoms with Crippen LogP contribution in [0, 0.1) is 5.92 Å². The standard InChI is InChI=1S/C27H31N5O3/c1-17(18-3-4-18)35-26-10-6-21(16-29-26)22-7-5-20(15-24(22)34-2)27(33)32-13-11-19(12-14-32)23-8-9-25(28)31-30-23/h5-10,15-19H,3-4,11-14H2,1-2H3,(H2,28,31)/t17-/m1/s1. The molecule has 3 aromatic rings. The van der Waals surface area contributed by atoms with Crippen LogP contribution in [0.3, 0.4) is 0 Å². The first-order chi connectivity index (χ1) is 17.0. The second-order valence-electron chi connectivity index (χ2n) is 9.41. The summed E-state index contributed by atoms with van der Waals surface area (Å²) in [7, 11) is 1.62. The number of carbonyl (C=O) groups excluding carboxylic acids is 1. The normalized spacial score (nSPS) is 17.1. The summed E-state index contributed by atoms with van der Waals surface area (Å²) in [5.74, 6) is 2.64. The number of pyridine rings is 1. The number of benzene rings is 1. The first kappa shape index (κ1) is 23.1. The number of nitrogens with zero attached hydrogens (tertiary/aromatic N) is 4. The third-order valence-electron chi connectivity index (χ3n) is 6.99. The van der Waals surface area contributed by atoms with E-state index in [0.717, 1.165) is 29.7 Å². The summed E-state index contributed by atoms with van der Waals surface area (Å²) in [6, 6.07) is 13.2. The zero-order chi connectivity index (χ0) is 24.4. The predicted octanol–water partition coefficient (Wildman–Crippen LogP) is 4.33. The van der Waals surface area contributed by atoms with E-state index in [1.165, 1.54) is 12.8 Å². The monoisotopic (exact) mass is 473 g/mol. The molecular formula is C27H31N5O3. The highest BCUT2D eigenvalue weighted by Gasteiger charge is 2.30. The van der Waals surface area contributed by atoms with Gasteiger partial charge in [-0.1, -0.05) is 0 Å². The highest BCUT2D eigenvalue weighted by Crippen LogP contribution is 2.35. The van der Waals surface area contributed by atoms with Crippen LogP contribution in [0.2, 0.25) is 0 Å². The molecule has 2 aliphatic rings. The highest BCUT2D eigenvalue weighted by molar-refractivity contribution is 5.95. The fourth-order valence-corrected chi connectivity index (χ4v) is 4.66. The Balaban J connectivity index is 1.25. The third kappa shape index (κ3) is 5.21. The number of amides is 1. The van der Waals surface area contributed by atoms with Gasteiger partial charge in [0.25, 0.3) is 5.91 Å². The van der Waals surface area contributed by atoms with Crippen molar-refractivity contribution in [2.45, 2.75) is 44.6 Å². The maximum atomic E-state index is 13.2. The molecule has 3 heterocycles. The van der Waals surface area contributed by atoms with Crippen molar-refractivity contribution in [2.75, 3.05) is 25.9 Å². The Morgan fingerprint density at radius 3 is 2.49 bits per heavy atom. The van der Waals surface area contributed by atoms with Crippen LogP contribution in [0.5, 0.6) is 11.6 Å². The topological polar surface area (TPSA) is 103 Å². The molecule has 182 valence electrons. The number of aromatic nitrogens is 3. The summed E-state index contributed by atoms with van der Waals surface area (Å²) < 4.78 is 11.6. The maximum Gasteiger partial charge on any atom is 0.253 e. The van der Waals surface area contributed by atoms with Crippen LogP contribution < -0.4 is 15.2 Å². The zero-order valence-corrected chi connectivity index (χ0v) is 20.2. The molecule has 1 aliphatic carbocycles. The van der Waals surface area contributed by atoms with Crippen LogP contribution in [-0.4, -0.2) is 52.3 Å². The van der Waals surface area contributed by atoms with Crippen LogP contribution in [0.4, 0.5) is 5.82 Å². The van der Waals surface area contributed by atoms with E-state index in [0.29, 0.717) is 42.0 Å². The summed E-state index contributed by atoms with van der Waals surface area (Å²) in [5, 5.41) is 8.17. The molecular weight excluding hydrogens is 442 g/mol. The molecule has 2 N–H and O–H groups in total. The molecule has 0 spiro atoms. The van der Waals surface area contributed by atoms with E-state index in [1.807, 2.05) is 41.3 Å². The Kier molecular flexibility index (Phi) is 6.53. The first-order valence-electron chi connectivity index (χ1n) is 12.2. The predicted molar refractivity (Wildman–Crippen MR) is 133 cm³/mol. The molecule has 0 unspecified atom stereocenters. The van der Waals surface area contributed by atoms with Gasteiger partial charge >= 0.3 is 0 Å². The lowest BCUT2D eigenvalue weighted by molar-refractivity contribution is 0.0711. The van der Waals surface area contributed by atoms with Crippen molar-refractivity contribution in [1.29, 1.82) is 0 Å². The van der Waals surface area contributed by atoms with Gasteiger partial charge in [0.2, 0.25) is 5.88 Å². The van der Waals surface area contributed by atoms with E-state index in [2.05, 4.69) is 22.1 Å². The highest BCUT2D eigenvalue weighted by atomic mass is 16.5. The fraction of sp³-hybridized carbons (Fsp3) is 0.407. The van der Waals surface area contributed by atoms with E-state index in [1.54, 1.807) is 19.4 Å². The molecule has 0 bridgehead atoms. The minimum atomic E-state index is 0.00706. The lowest BCUT2D eigenvalue weighted by Gasteiger charge is -2.31. The lowest BCUT2D eigenvalue weighted by Crippen LogP contribution is -2.38. The fourth-order valence-electron chi connectivity index (χ4n) is 4.66. The van der Waals surface area contributed by atoms with Crippen LogP contribution in [-0.2, 0) is 0 Å². The maximum absolute atomic E-state index is 13.2. The molecule has 1 saturated heterocycles. The number of nitrogens with two attached hydrogens (primary N) is 1. The van der Waals surface area contributed by atoms with Crippen molar-refractivity contribution >= 4 is 11.7 Å². The van der Waals surface area contributed by atoms with Crippen molar-refractivity contribution in [1.82, 2.24) is 20.1 Å². The van der Waals surface area contributed by atoms with Gasteiger partial charge in [-0.2, -0.15) is 5.10 Å². The lowest BCUT2D eigenvalue weighted by atomic mass is 9.93. The summed E-state index contributed by atoms with van der Waals surface area (Å²) in [6.45, 7) is 3.44. The minimum Gasteiger partial charge on any atom is -0.496 e. The number of ether oxygens (including phenoxy) is 2. The number of anilines is 1. The van der Waals surface area contributed by atoms with Gasteiger partial charge in [0, 0.05) is 48.0 Å². The molecule has 1 saturated carbocycles. The molecule has 0 radical (unpaired) electrons. The third-order valence-corrected chi connectivity index (χ3v) is 6.99. The Bertz CT molecular complexity index is 1170. The molecule has 1 atom stereocenters. The van der Waals surface area contributed by atoms with Crippen LogP contribution in [0.1, 0.15) is 54.6 Å². The van der Waals surface area contributed by atoms with Gasteiger partial charge in [-0.3, -0.25) is 4.79 Å². The first-order valence-corrected chi connectivity index (χ1v) is 12.2. The van der Waals surface area contributed by atoms with Gasteiger partial charge < -0.3 is 20.1 Å². The number of nitrogen functional groups attached to an aromatic ring is 1. The van der Waals surface area contributed by atoms with Crippen molar-refractivity contribution in [3.8, 4) is 22.8 Å². The number of carbonyl (C=O) groups is 1. The van der Waals surface area contributed by atoms with E-state index in [9.17, 15) is 4.79 Å². The van der Waals surface area contributed by atoms with Gasteiger partial charge in [-0.15, -0.1) is 5.10 Å². The van der Waals surface area contributed by atoms with Gasteiger partial charge in [0.15, 0.2) is 0 Å². The largest absolute Gasteiger partial charge is 0.496 e. The molecule has 8 heteroatoms. The van der Waals surface area contributed by atoms with E-state index in [4.69, 9.17) is 15.2 Å². The van der Waals surface area contributed by atoms with Gasteiger partial charge in [-0.05, 0) is 74.9 Å². The molecule has 5 rings (SSSR count). The second kappa shape index (κ2) is 9.90. The summed E-state index contributed by atoms with van der Waals surface area (Å²) >= 11 is 0. The van der Waals surface area contributed by atoms with Crippen LogP contribution >= 0.6 is 0 Å². The van der Waals surface area contributed by atoms with Gasteiger partial charge in [0.1, 0.15) is 17.7 Å². The van der Waals surface area contributed by atoms with E-state index in [-0.39, 0.29) is 17.9 Å². The Morgan fingerprint density at radius 1 is 1.06 bits per heavy atom. The molecule has 35 heavy (non-hydrogen) atoms. The number of hydrogen-bond acceptors (Lipinski definition) is 7. The van der Waals surface area contributed by atoms with Gasteiger partial charge in [0.05, 0.1) is 12.8 Å². The Hall–Kier alpha value is -3.68. The molecule has 1 aromatic carbocycles.